The molecule has 0 fully saturated rings. The first kappa shape index (κ1) is 35.0. The lowest BCUT2D eigenvalue weighted by molar-refractivity contribution is 0.414. The molecule has 0 aliphatic rings. The summed E-state index contributed by atoms with van der Waals surface area (Å²) in [5.74, 6) is 3.08. The SMILES string of the molecule is CC(C)c1ccc(S(=O)(=O)[O-])c(C(C)C)c1C(C)C.COc1ccc([S+](c2ccc(OC)cc2)c2ccc(OC)cc2)cc1. The molecule has 0 aliphatic heterocycles. The van der Waals surface area contributed by atoms with Gasteiger partial charge in [0.15, 0.2) is 14.7 Å². The topological polar surface area (TPSA) is 84.9 Å². The number of rotatable bonds is 10. The zero-order chi connectivity index (χ0) is 32.6. The molecule has 44 heavy (non-hydrogen) atoms. The average Bonchev–Trinajstić information content (AvgIpc) is 3.01. The van der Waals surface area contributed by atoms with Crippen LogP contribution < -0.4 is 14.2 Å². The van der Waals surface area contributed by atoms with Crippen molar-refractivity contribution in [3.05, 3.63) is 102 Å². The Morgan fingerprint density at radius 2 is 0.864 bits per heavy atom. The van der Waals surface area contributed by atoms with Gasteiger partial charge in [0.2, 0.25) is 0 Å². The number of benzene rings is 4. The number of hydrogen-bond acceptors (Lipinski definition) is 6. The van der Waals surface area contributed by atoms with E-state index in [1.165, 1.54) is 20.8 Å². The van der Waals surface area contributed by atoms with Crippen LogP contribution in [0.2, 0.25) is 0 Å². The molecule has 0 saturated heterocycles. The van der Waals surface area contributed by atoms with Crippen LogP contribution in [0.1, 0.15) is 76.0 Å². The van der Waals surface area contributed by atoms with Crippen molar-refractivity contribution in [1.29, 1.82) is 0 Å². The van der Waals surface area contributed by atoms with E-state index >= 15 is 0 Å². The van der Waals surface area contributed by atoms with Crippen molar-refractivity contribution >= 4 is 21.0 Å². The average molecular weight is 637 g/mol. The molecule has 0 atom stereocenters. The summed E-state index contributed by atoms with van der Waals surface area (Å²) in [7, 11) is 0.408. The molecule has 0 N–H and O–H groups in total. The predicted molar refractivity (Wildman–Crippen MR) is 178 cm³/mol. The van der Waals surface area contributed by atoms with Crippen LogP contribution in [0.5, 0.6) is 17.2 Å². The lowest BCUT2D eigenvalue weighted by Gasteiger charge is -2.26. The normalized spacial score (nSPS) is 11.5. The van der Waals surface area contributed by atoms with Gasteiger partial charge in [-0.15, -0.1) is 0 Å². The molecule has 0 bridgehead atoms. The van der Waals surface area contributed by atoms with Gasteiger partial charge >= 0.3 is 0 Å². The van der Waals surface area contributed by atoms with E-state index in [-0.39, 0.29) is 27.6 Å². The highest BCUT2D eigenvalue weighted by Crippen LogP contribution is 2.37. The first-order valence-corrected chi connectivity index (χ1v) is 17.2. The third kappa shape index (κ3) is 8.58. The van der Waals surface area contributed by atoms with E-state index in [1.807, 2.05) is 64.1 Å². The van der Waals surface area contributed by atoms with Gasteiger partial charge in [-0.05, 0) is 113 Å². The second-order valence-electron chi connectivity index (χ2n) is 11.2. The first-order chi connectivity index (χ1) is 20.8. The van der Waals surface area contributed by atoms with Gasteiger partial charge in [0.1, 0.15) is 27.4 Å². The van der Waals surface area contributed by atoms with Gasteiger partial charge in [-0.25, -0.2) is 8.42 Å². The predicted octanol–water partition coefficient (Wildman–Crippen LogP) is 8.77. The minimum Gasteiger partial charge on any atom is -0.744 e. The summed E-state index contributed by atoms with van der Waals surface area (Å²) in [5.41, 5.74) is 2.84. The molecule has 8 heteroatoms. The Bertz CT molecular complexity index is 1480. The highest BCUT2D eigenvalue weighted by molar-refractivity contribution is 7.97. The number of ether oxygens (including phenoxy) is 3. The van der Waals surface area contributed by atoms with Crippen LogP contribution in [-0.4, -0.2) is 34.3 Å². The van der Waals surface area contributed by atoms with Crippen molar-refractivity contribution < 1.29 is 27.2 Å². The van der Waals surface area contributed by atoms with Gasteiger partial charge in [0, 0.05) is 0 Å². The Kier molecular flexibility index (Phi) is 12.3. The highest BCUT2D eigenvalue weighted by Gasteiger charge is 2.29. The molecular formula is C36H44O6S2. The fraction of sp³-hybridized carbons (Fsp3) is 0.333. The van der Waals surface area contributed by atoms with Crippen molar-refractivity contribution in [2.75, 3.05) is 21.3 Å². The standard InChI is InChI=1S/C21H21O3S.C15H24O3S/c1-22-16-4-10-19(11-5-16)25(20-12-6-17(23-2)7-13-20)21-14-8-18(24-3)9-15-21;1-9(2)12-7-8-13(19(16,17)18)15(11(5)6)14(12)10(3)4/h4-15H,1-3H3;7-11H,1-6H3,(H,16,17,18)/q+1;/p-1. The molecule has 0 unspecified atom stereocenters. The third-order valence-corrected chi connectivity index (χ3v) is 10.3. The van der Waals surface area contributed by atoms with Crippen molar-refractivity contribution in [3.63, 3.8) is 0 Å². The molecule has 6 nitrogen and oxygen atoms in total. The molecule has 0 amide bonds. The molecule has 4 rings (SSSR count). The Morgan fingerprint density at radius 3 is 1.11 bits per heavy atom. The fourth-order valence-electron chi connectivity index (χ4n) is 5.14. The Labute approximate surface area is 266 Å². The molecule has 0 heterocycles. The summed E-state index contributed by atoms with van der Waals surface area (Å²) < 4.78 is 50.2. The molecular weight excluding hydrogens is 593 g/mol. The van der Waals surface area contributed by atoms with E-state index in [0.717, 1.165) is 28.4 Å². The van der Waals surface area contributed by atoms with Crippen molar-refractivity contribution in [1.82, 2.24) is 0 Å². The van der Waals surface area contributed by atoms with Crippen molar-refractivity contribution in [3.8, 4) is 17.2 Å². The summed E-state index contributed by atoms with van der Waals surface area (Å²) in [6, 6.07) is 28.0. The van der Waals surface area contributed by atoms with Crippen molar-refractivity contribution in [2.24, 2.45) is 0 Å². The zero-order valence-corrected chi connectivity index (χ0v) is 28.7. The van der Waals surface area contributed by atoms with E-state index in [1.54, 1.807) is 27.4 Å². The molecule has 4 aromatic rings. The van der Waals surface area contributed by atoms with E-state index in [2.05, 4.69) is 50.2 Å². The molecule has 0 radical (unpaired) electrons. The molecule has 0 aliphatic carbocycles. The van der Waals surface area contributed by atoms with Crippen LogP contribution in [0.4, 0.5) is 0 Å². The summed E-state index contributed by atoms with van der Waals surface area (Å²) >= 11 is 0. The maximum atomic E-state index is 11.5. The Morgan fingerprint density at radius 1 is 0.523 bits per heavy atom. The largest absolute Gasteiger partial charge is 0.744 e. The van der Waals surface area contributed by atoms with E-state index < -0.39 is 10.1 Å². The molecule has 4 aromatic carbocycles. The Balaban J connectivity index is 0.000000251. The van der Waals surface area contributed by atoms with Crippen LogP contribution >= 0.6 is 0 Å². The monoisotopic (exact) mass is 636 g/mol. The second-order valence-corrected chi connectivity index (χ2v) is 14.6. The van der Waals surface area contributed by atoms with Crippen molar-refractivity contribution in [2.45, 2.75) is 78.9 Å². The quantitative estimate of drug-likeness (QED) is 0.128. The van der Waals surface area contributed by atoms with Crippen LogP contribution in [0, 0.1) is 0 Å². The van der Waals surface area contributed by atoms with E-state index in [4.69, 9.17) is 14.2 Å². The van der Waals surface area contributed by atoms with Crippen LogP contribution in [-0.2, 0) is 21.0 Å². The smallest absolute Gasteiger partial charge is 0.166 e. The molecule has 0 aromatic heterocycles. The first-order valence-electron chi connectivity index (χ1n) is 14.6. The highest BCUT2D eigenvalue weighted by atomic mass is 32.2. The van der Waals surface area contributed by atoms with Gasteiger partial charge in [-0.3, -0.25) is 0 Å². The molecule has 0 saturated carbocycles. The molecule has 0 spiro atoms. The molecule has 236 valence electrons. The van der Waals surface area contributed by atoms with Gasteiger partial charge in [-0.1, -0.05) is 47.6 Å². The van der Waals surface area contributed by atoms with E-state index in [9.17, 15) is 13.0 Å². The lowest BCUT2D eigenvalue weighted by atomic mass is 9.83. The third-order valence-electron chi connectivity index (χ3n) is 7.21. The lowest BCUT2D eigenvalue weighted by Crippen LogP contribution is -2.12. The number of methoxy groups -OCH3 is 3. The summed E-state index contributed by atoms with van der Waals surface area (Å²) in [6.45, 7) is 12.1. The maximum Gasteiger partial charge on any atom is 0.166 e. The van der Waals surface area contributed by atoms with E-state index in [0.29, 0.717) is 11.5 Å². The van der Waals surface area contributed by atoms with Gasteiger partial charge < -0.3 is 18.8 Å². The summed E-state index contributed by atoms with van der Waals surface area (Å²) in [4.78, 5) is 3.64. The minimum absolute atomic E-state index is 0.00910. The van der Waals surface area contributed by atoms with Gasteiger partial charge in [0.25, 0.3) is 0 Å². The van der Waals surface area contributed by atoms with Crippen LogP contribution in [0.25, 0.3) is 0 Å². The van der Waals surface area contributed by atoms with Crippen LogP contribution in [0.15, 0.2) is 105 Å². The maximum absolute atomic E-state index is 11.5. The van der Waals surface area contributed by atoms with Gasteiger partial charge in [0.05, 0.1) is 37.1 Å². The van der Waals surface area contributed by atoms with Gasteiger partial charge in [-0.2, -0.15) is 0 Å². The summed E-state index contributed by atoms with van der Waals surface area (Å²) in [5, 5.41) is 0. The Hall–Kier alpha value is -3.46. The fourth-order valence-corrected chi connectivity index (χ4v) is 8.03. The summed E-state index contributed by atoms with van der Waals surface area (Å²) in [6.07, 6.45) is 0. The number of hydrogen-bond donors (Lipinski definition) is 0. The second kappa shape index (κ2) is 15.5. The minimum atomic E-state index is -4.43. The van der Waals surface area contributed by atoms with Crippen LogP contribution in [0.3, 0.4) is 0 Å². The zero-order valence-electron chi connectivity index (χ0n) is 27.1.